The first kappa shape index (κ1) is 22.3. The quantitative estimate of drug-likeness (QED) is 0.453. The highest BCUT2D eigenvalue weighted by Gasteiger charge is 2.34. The maximum absolute atomic E-state index is 12.8. The summed E-state index contributed by atoms with van der Waals surface area (Å²) in [6, 6.07) is 11.9. The molecule has 0 spiro atoms. The smallest absolute Gasteiger partial charge is 0.291 e. The second-order valence-electron chi connectivity index (χ2n) is 8.12. The summed E-state index contributed by atoms with van der Waals surface area (Å²) in [6.45, 7) is 10.1. The van der Waals surface area contributed by atoms with E-state index in [0.29, 0.717) is 5.76 Å². The van der Waals surface area contributed by atoms with Gasteiger partial charge in [-0.3, -0.25) is 9.69 Å². The van der Waals surface area contributed by atoms with Gasteiger partial charge in [0.15, 0.2) is 5.76 Å². The first-order valence-electron chi connectivity index (χ1n) is 10.4. The minimum Gasteiger partial charge on any atom is -0.459 e. The summed E-state index contributed by atoms with van der Waals surface area (Å²) in [7, 11) is 0. The van der Waals surface area contributed by atoms with Crippen molar-refractivity contribution in [3.05, 3.63) is 74.5 Å². The van der Waals surface area contributed by atoms with Gasteiger partial charge >= 0.3 is 0 Å². The van der Waals surface area contributed by atoms with E-state index < -0.39 is 0 Å². The highest BCUT2D eigenvalue weighted by Crippen LogP contribution is 2.43. The van der Waals surface area contributed by atoms with Crippen LogP contribution in [0.5, 0.6) is 0 Å². The number of morpholine rings is 1. The molecule has 3 heterocycles. The monoisotopic (exact) mass is 502 g/mol. The molecule has 1 aliphatic rings. The number of hydrogen-bond donors (Lipinski definition) is 1. The minimum absolute atomic E-state index is 0.0127. The number of furan rings is 1. The molecular formula is C24H27BrN2O3S. The maximum Gasteiger partial charge on any atom is 0.291 e. The Bertz CT molecular complexity index is 1040. The van der Waals surface area contributed by atoms with Crippen molar-refractivity contribution in [2.75, 3.05) is 18.4 Å². The molecule has 1 N–H and O–H groups in total. The summed E-state index contributed by atoms with van der Waals surface area (Å²) in [5.41, 5.74) is 3.55. The number of nitrogens with zero attached hydrogens (tertiary/aromatic N) is 1. The molecule has 1 fully saturated rings. The Morgan fingerprint density at radius 1 is 1.16 bits per heavy atom. The predicted octanol–water partition coefficient (Wildman–Crippen LogP) is 6.17. The topological polar surface area (TPSA) is 54.7 Å². The summed E-state index contributed by atoms with van der Waals surface area (Å²) >= 11 is 5.17. The molecule has 5 nitrogen and oxygen atoms in total. The molecule has 31 heavy (non-hydrogen) atoms. The number of thiophene rings is 1. The van der Waals surface area contributed by atoms with Gasteiger partial charge in [0.2, 0.25) is 0 Å². The van der Waals surface area contributed by atoms with Crippen molar-refractivity contribution in [3.63, 3.8) is 0 Å². The summed E-state index contributed by atoms with van der Waals surface area (Å²) in [5.74, 6) is 0.0780. The van der Waals surface area contributed by atoms with Crippen LogP contribution in [0, 0.1) is 13.8 Å². The normalized spacial score (nSPS) is 20.5. The maximum atomic E-state index is 12.8. The second-order valence-corrected chi connectivity index (χ2v) is 10.3. The highest BCUT2D eigenvalue weighted by molar-refractivity contribution is 9.10. The van der Waals surface area contributed by atoms with Crippen LogP contribution >= 0.6 is 27.3 Å². The molecular weight excluding hydrogens is 476 g/mol. The van der Waals surface area contributed by atoms with Gasteiger partial charge in [0, 0.05) is 28.0 Å². The zero-order chi connectivity index (χ0) is 22.1. The third-order valence-electron chi connectivity index (χ3n) is 5.68. The van der Waals surface area contributed by atoms with Crippen LogP contribution in [-0.2, 0) is 4.74 Å². The van der Waals surface area contributed by atoms with E-state index in [2.05, 4.69) is 78.1 Å². The van der Waals surface area contributed by atoms with E-state index in [4.69, 9.17) is 9.15 Å². The van der Waals surface area contributed by atoms with Crippen molar-refractivity contribution >= 4 is 38.2 Å². The Balaban J connectivity index is 1.79. The molecule has 4 rings (SSSR count). The molecule has 1 saturated heterocycles. The SMILES string of the molecule is Cc1sc(NC(=O)c2ccco2)c([C@@H](c2ccc(Br)cc2)N2C[C@H](C)O[C@@H](C)C2)c1C. The lowest BCUT2D eigenvalue weighted by Gasteiger charge is -2.41. The summed E-state index contributed by atoms with van der Waals surface area (Å²) in [4.78, 5) is 16.5. The van der Waals surface area contributed by atoms with Gasteiger partial charge in [0.25, 0.3) is 5.91 Å². The van der Waals surface area contributed by atoms with Gasteiger partial charge in [0.1, 0.15) is 5.00 Å². The van der Waals surface area contributed by atoms with Crippen LogP contribution in [0.2, 0.25) is 0 Å². The fourth-order valence-electron chi connectivity index (χ4n) is 4.27. The lowest BCUT2D eigenvalue weighted by Crippen LogP contribution is -2.47. The van der Waals surface area contributed by atoms with E-state index in [9.17, 15) is 4.79 Å². The Morgan fingerprint density at radius 2 is 1.84 bits per heavy atom. The van der Waals surface area contributed by atoms with Crippen LogP contribution in [0.4, 0.5) is 5.00 Å². The number of rotatable bonds is 5. The third kappa shape index (κ3) is 4.80. The number of ether oxygens (including phenoxy) is 1. The molecule has 1 aromatic carbocycles. The molecule has 0 radical (unpaired) electrons. The Kier molecular flexibility index (Phi) is 6.67. The van der Waals surface area contributed by atoms with Crippen molar-refractivity contribution in [1.29, 1.82) is 0 Å². The van der Waals surface area contributed by atoms with Crippen LogP contribution in [0.3, 0.4) is 0 Å². The fourth-order valence-corrected chi connectivity index (χ4v) is 5.62. The molecule has 1 amide bonds. The van der Waals surface area contributed by atoms with Crippen molar-refractivity contribution in [2.45, 2.75) is 45.9 Å². The number of carbonyl (C=O) groups is 1. The predicted molar refractivity (Wildman–Crippen MR) is 128 cm³/mol. The fraction of sp³-hybridized carbons (Fsp3) is 0.375. The highest BCUT2D eigenvalue weighted by atomic mass is 79.9. The van der Waals surface area contributed by atoms with Crippen molar-refractivity contribution in [3.8, 4) is 0 Å². The third-order valence-corrected chi connectivity index (χ3v) is 7.34. The van der Waals surface area contributed by atoms with E-state index in [1.807, 2.05) is 0 Å². The number of nitrogens with one attached hydrogen (secondary N) is 1. The number of amides is 1. The number of aryl methyl sites for hydroxylation is 1. The van der Waals surface area contributed by atoms with Gasteiger partial charge in [-0.1, -0.05) is 28.1 Å². The van der Waals surface area contributed by atoms with Gasteiger partial charge in [-0.2, -0.15) is 0 Å². The zero-order valence-corrected chi connectivity index (χ0v) is 20.5. The van der Waals surface area contributed by atoms with E-state index in [-0.39, 0.29) is 24.2 Å². The average Bonchev–Trinajstić information content (AvgIpc) is 3.34. The van der Waals surface area contributed by atoms with E-state index in [0.717, 1.165) is 28.1 Å². The summed E-state index contributed by atoms with van der Waals surface area (Å²) in [5, 5.41) is 3.99. The second kappa shape index (κ2) is 9.28. The molecule has 0 aliphatic carbocycles. The molecule has 0 bridgehead atoms. The Morgan fingerprint density at radius 3 is 2.45 bits per heavy atom. The number of carbonyl (C=O) groups excluding carboxylic acids is 1. The van der Waals surface area contributed by atoms with Crippen LogP contribution < -0.4 is 5.32 Å². The molecule has 3 atom stereocenters. The molecule has 3 aromatic rings. The summed E-state index contributed by atoms with van der Waals surface area (Å²) < 4.78 is 12.4. The van der Waals surface area contributed by atoms with Crippen molar-refractivity contribution in [2.24, 2.45) is 0 Å². The largest absolute Gasteiger partial charge is 0.459 e. The van der Waals surface area contributed by atoms with E-state index in [1.54, 1.807) is 23.5 Å². The number of benzene rings is 1. The molecule has 0 unspecified atom stereocenters. The van der Waals surface area contributed by atoms with Gasteiger partial charge in [-0.25, -0.2) is 0 Å². The van der Waals surface area contributed by atoms with Crippen LogP contribution in [-0.4, -0.2) is 36.1 Å². The van der Waals surface area contributed by atoms with Crippen molar-refractivity contribution in [1.82, 2.24) is 4.90 Å². The lowest BCUT2D eigenvalue weighted by molar-refractivity contribution is -0.0765. The van der Waals surface area contributed by atoms with Gasteiger partial charge in [0.05, 0.1) is 24.5 Å². The summed E-state index contributed by atoms with van der Waals surface area (Å²) in [6.07, 6.45) is 1.80. The minimum atomic E-state index is -0.231. The lowest BCUT2D eigenvalue weighted by atomic mass is 9.94. The first-order chi connectivity index (χ1) is 14.8. The Hall–Kier alpha value is -1.93. The average molecular weight is 503 g/mol. The molecule has 7 heteroatoms. The Labute approximate surface area is 195 Å². The van der Waals surface area contributed by atoms with Crippen LogP contribution in [0.25, 0.3) is 0 Å². The van der Waals surface area contributed by atoms with Crippen molar-refractivity contribution < 1.29 is 13.9 Å². The van der Waals surface area contributed by atoms with Gasteiger partial charge in [-0.05, 0) is 63.1 Å². The van der Waals surface area contributed by atoms with Gasteiger partial charge < -0.3 is 14.5 Å². The van der Waals surface area contributed by atoms with E-state index in [1.165, 1.54) is 22.3 Å². The number of hydrogen-bond acceptors (Lipinski definition) is 5. The molecule has 164 valence electrons. The zero-order valence-electron chi connectivity index (χ0n) is 18.1. The standard InChI is InChI=1S/C24H27BrN2O3S/c1-14-12-27(13-15(2)30-14)22(18-7-9-19(25)10-8-18)21-16(3)17(4)31-24(21)26-23(28)20-6-5-11-29-20/h5-11,14-15,22H,12-13H2,1-4H3,(H,26,28)/t14-,15-,22+/m0/s1. The number of halogens is 1. The first-order valence-corrected chi connectivity index (χ1v) is 12.0. The molecule has 0 saturated carbocycles. The van der Waals surface area contributed by atoms with E-state index >= 15 is 0 Å². The van der Waals surface area contributed by atoms with Crippen LogP contribution in [0.1, 0.15) is 52.0 Å². The molecule has 2 aromatic heterocycles. The molecule has 1 aliphatic heterocycles. The number of anilines is 1. The van der Waals surface area contributed by atoms with Crippen LogP contribution in [0.15, 0.2) is 51.6 Å². The van der Waals surface area contributed by atoms with Gasteiger partial charge in [-0.15, -0.1) is 11.3 Å².